The molecule has 1 atom stereocenters. The lowest BCUT2D eigenvalue weighted by molar-refractivity contribution is 0.191. The molecule has 0 radical (unpaired) electrons. The maximum atomic E-state index is 5.18. The molecule has 0 bridgehead atoms. The van der Waals surface area contributed by atoms with Crippen LogP contribution in [0.3, 0.4) is 0 Å². The zero-order valence-electron chi connectivity index (χ0n) is 16.7. The molecular formula is C24H35NO. The van der Waals surface area contributed by atoms with Gasteiger partial charge in [0, 0.05) is 21.2 Å². The van der Waals surface area contributed by atoms with E-state index in [0.29, 0.717) is 0 Å². The smallest absolute Gasteiger partial charge is 0.0462 e. The first-order valence-electron chi connectivity index (χ1n) is 9.44. The molecule has 2 rings (SSSR count). The summed E-state index contributed by atoms with van der Waals surface area (Å²) in [5.74, 6) is 0. The van der Waals surface area contributed by atoms with Crippen LogP contribution in [0.15, 0.2) is 73.3 Å². The van der Waals surface area contributed by atoms with E-state index >= 15 is 0 Å². The minimum atomic E-state index is 0. The first kappa shape index (κ1) is 21.9. The summed E-state index contributed by atoms with van der Waals surface area (Å²) in [6.45, 7) is 9.15. The Kier molecular flexibility index (Phi) is 11.0. The highest BCUT2D eigenvalue weighted by Crippen LogP contribution is 2.30. The summed E-state index contributed by atoms with van der Waals surface area (Å²) in [6, 6.07) is 21.1. The van der Waals surface area contributed by atoms with Gasteiger partial charge in [0.1, 0.15) is 0 Å². The molecule has 1 unspecified atom stereocenters. The maximum absolute atomic E-state index is 5.18. The molecular weight excluding hydrogens is 318 g/mol. The van der Waals surface area contributed by atoms with Crippen LogP contribution in [0, 0.1) is 0 Å². The first-order valence-corrected chi connectivity index (χ1v) is 9.44. The minimum absolute atomic E-state index is 0. The largest absolute Gasteiger partial charge is 0.385 e. The van der Waals surface area contributed by atoms with Crippen LogP contribution in [0.2, 0.25) is 0 Å². The molecule has 0 aliphatic rings. The van der Waals surface area contributed by atoms with E-state index in [1.807, 2.05) is 33.0 Å². The average Bonchev–Trinajstić information content (AvgIpc) is 2.73. The number of hydrogen-bond acceptors (Lipinski definition) is 2. The van der Waals surface area contributed by atoms with Gasteiger partial charge in [-0.1, -0.05) is 87.2 Å². The Hall–Kier alpha value is -2.16. The predicted molar refractivity (Wildman–Crippen MR) is 117 cm³/mol. The molecule has 26 heavy (non-hydrogen) atoms. The van der Waals surface area contributed by atoms with E-state index in [1.165, 1.54) is 11.1 Å². The Morgan fingerprint density at radius 1 is 1.04 bits per heavy atom. The van der Waals surface area contributed by atoms with Gasteiger partial charge in [-0.3, -0.25) is 0 Å². The number of nitrogens with one attached hydrogen (secondary N) is 1. The molecule has 2 nitrogen and oxygen atoms in total. The minimum Gasteiger partial charge on any atom is -0.385 e. The van der Waals surface area contributed by atoms with E-state index in [1.54, 1.807) is 7.11 Å². The third kappa shape index (κ3) is 6.99. The van der Waals surface area contributed by atoms with Gasteiger partial charge in [0.05, 0.1) is 0 Å². The maximum Gasteiger partial charge on any atom is 0.0462 e. The van der Waals surface area contributed by atoms with Gasteiger partial charge in [-0.05, 0) is 42.2 Å². The summed E-state index contributed by atoms with van der Waals surface area (Å²) in [6.07, 6.45) is 4.35. The third-order valence-corrected chi connectivity index (χ3v) is 4.13. The Morgan fingerprint density at radius 3 is 2.08 bits per heavy atom. The van der Waals surface area contributed by atoms with Crippen molar-refractivity contribution in [3.05, 3.63) is 84.4 Å². The lowest BCUT2D eigenvalue weighted by Gasteiger charge is -2.17. The lowest BCUT2D eigenvalue weighted by Crippen LogP contribution is -2.23. The predicted octanol–water partition coefficient (Wildman–Crippen LogP) is 6.07. The zero-order chi connectivity index (χ0) is 19.2. The van der Waals surface area contributed by atoms with Crippen molar-refractivity contribution in [2.75, 3.05) is 20.8 Å². The van der Waals surface area contributed by atoms with Crippen molar-refractivity contribution in [1.82, 2.24) is 5.32 Å². The van der Waals surface area contributed by atoms with Crippen LogP contribution >= 0.6 is 0 Å². The van der Waals surface area contributed by atoms with Crippen LogP contribution < -0.4 is 5.32 Å². The lowest BCUT2D eigenvalue weighted by atomic mass is 9.91. The Balaban J connectivity index is 0.00000218. The van der Waals surface area contributed by atoms with Crippen molar-refractivity contribution in [2.24, 2.45) is 0 Å². The summed E-state index contributed by atoms with van der Waals surface area (Å²) in [5.41, 5.74) is 4.57. The van der Waals surface area contributed by atoms with E-state index in [2.05, 4.69) is 66.5 Å². The van der Waals surface area contributed by atoms with Crippen molar-refractivity contribution in [3.8, 4) is 0 Å². The second-order valence-electron chi connectivity index (χ2n) is 5.82. The van der Waals surface area contributed by atoms with Gasteiger partial charge in [0.15, 0.2) is 0 Å². The second-order valence-corrected chi connectivity index (χ2v) is 5.82. The molecule has 0 heterocycles. The van der Waals surface area contributed by atoms with Crippen LogP contribution in [0.25, 0.3) is 11.1 Å². The highest BCUT2D eigenvalue weighted by Gasteiger charge is 2.11. The summed E-state index contributed by atoms with van der Waals surface area (Å²) >= 11 is 0. The number of ether oxygens (including phenoxy) is 1. The van der Waals surface area contributed by atoms with Gasteiger partial charge in [-0.15, -0.1) is 0 Å². The van der Waals surface area contributed by atoms with Crippen LogP contribution in [0.5, 0.6) is 0 Å². The fourth-order valence-electron chi connectivity index (χ4n) is 2.74. The average molecular weight is 354 g/mol. The van der Waals surface area contributed by atoms with Crippen molar-refractivity contribution < 1.29 is 6.16 Å². The van der Waals surface area contributed by atoms with E-state index in [-0.39, 0.29) is 7.47 Å². The zero-order valence-corrected chi connectivity index (χ0v) is 16.7. The number of allylic oxidation sites excluding steroid dienone is 2. The van der Waals surface area contributed by atoms with Gasteiger partial charge in [0.2, 0.25) is 0 Å². The molecule has 0 aromatic heterocycles. The second kappa shape index (κ2) is 13.1. The fourth-order valence-corrected chi connectivity index (χ4v) is 2.74. The number of hydrogen-bond donors (Lipinski definition) is 1. The standard InChI is InChI=1S/C22H27NO.C2H6.H2/c1-18(19-11-6-4-7-12-19)22(20-13-8-5-9-14-20)17-21(23-2)15-10-16-24-3;1-2;/h4-9,11-14,17,21,23H,1,10,15-16H2,2-3H3;1-2H3;1H/b22-17+;;. The normalized spacial score (nSPS) is 12.1. The summed E-state index contributed by atoms with van der Waals surface area (Å²) in [7, 11) is 3.75. The molecule has 0 amide bonds. The Morgan fingerprint density at radius 2 is 1.58 bits per heavy atom. The highest BCUT2D eigenvalue weighted by atomic mass is 16.5. The molecule has 0 aliphatic carbocycles. The number of methoxy groups -OCH3 is 1. The molecule has 0 saturated heterocycles. The molecule has 2 aromatic carbocycles. The molecule has 0 saturated carbocycles. The topological polar surface area (TPSA) is 21.3 Å². The summed E-state index contributed by atoms with van der Waals surface area (Å²) in [5, 5.41) is 3.39. The third-order valence-electron chi connectivity index (χ3n) is 4.13. The number of benzene rings is 2. The van der Waals surface area contributed by atoms with Crippen LogP contribution in [0.1, 0.15) is 39.2 Å². The number of likely N-dealkylation sites (N-methyl/N-ethyl adjacent to an activating group) is 1. The van der Waals surface area contributed by atoms with E-state index in [0.717, 1.165) is 30.6 Å². The quantitative estimate of drug-likeness (QED) is 0.436. The number of rotatable bonds is 9. The Bertz CT molecular complexity index is 653. The van der Waals surface area contributed by atoms with E-state index in [4.69, 9.17) is 4.74 Å². The molecule has 142 valence electrons. The van der Waals surface area contributed by atoms with Gasteiger partial charge in [-0.25, -0.2) is 0 Å². The van der Waals surface area contributed by atoms with Crippen molar-refractivity contribution >= 4 is 11.1 Å². The van der Waals surface area contributed by atoms with E-state index in [9.17, 15) is 0 Å². The SMILES string of the molecule is C=C(/C(=C\C(CCCOC)NC)c1ccccc1)c1ccccc1.CC.[HH]. The molecule has 0 fully saturated rings. The van der Waals surface area contributed by atoms with E-state index < -0.39 is 0 Å². The van der Waals surface area contributed by atoms with Gasteiger partial charge in [-0.2, -0.15) is 0 Å². The molecule has 2 aromatic rings. The highest BCUT2D eigenvalue weighted by molar-refractivity contribution is 6.04. The van der Waals surface area contributed by atoms with Gasteiger partial charge in [0.25, 0.3) is 0 Å². The molecule has 0 spiro atoms. The monoisotopic (exact) mass is 353 g/mol. The first-order chi connectivity index (χ1) is 12.8. The molecule has 1 N–H and O–H groups in total. The molecule has 2 heteroatoms. The van der Waals surface area contributed by atoms with Gasteiger partial charge < -0.3 is 10.1 Å². The van der Waals surface area contributed by atoms with Crippen LogP contribution in [-0.2, 0) is 4.74 Å². The van der Waals surface area contributed by atoms with Crippen molar-refractivity contribution in [1.29, 1.82) is 0 Å². The molecule has 0 aliphatic heterocycles. The van der Waals surface area contributed by atoms with Crippen molar-refractivity contribution in [2.45, 2.75) is 32.7 Å². The van der Waals surface area contributed by atoms with Crippen LogP contribution in [0.4, 0.5) is 0 Å². The van der Waals surface area contributed by atoms with Crippen molar-refractivity contribution in [3.63, 3.8) is 0 Å². The summed E-state index contributed by atoms with van der Waals surface area (Å²) in [4.78, 5) is 0. The Labute approximate surface area is 161 Å². The summed E-state index contributed by atoms with van der Waals surface area (Å²) < 4.78 is 5.18. The van der Waals surface area contributed by atoms with Crippen LogP contribution in [-0.4, -0.2) is 26.8 Å². The fraction of sp³-hybridized carbons (Fsp3) is 0.333. The van der Waals surface area contributed by atoms with Gasteiger partial charge >= 0.3 is 0 Å².